The molecule has 13 heteroatoms. The number of amides is 1. The van der Waals surface area contributed by atoms with Gasteiger partial charge in [-0.15, -0.1) is 0 Å². The van der Waals surface area contributed by atoms with Crippen LogP contribution in [0.1, 0.15) is 6.92 Å². The molecule has 166 valence electrons. The van der Waals surface area contributed by atoms with E-state index in [0.29, 0.717) is 35.9 Å². The SMILES string of the molecule is CCn1c(SCC(=O)NCC(F)(F)F)nc2cc(S(=O)(=O)N3CCOCC3)ccc21. The summed E-state index contributed by atoms with van der Waals surface area (Å²) in [5.74, 6) is -0.999. The highest BCUT2D eigenvalue weighted by atomic mass is 32.2. The van der Waals surface area contributed by atoms with Gasteiger partial charge in [0, 0.05) is 19.6 Å². The number of rotatable bonds is 7. The predicted octanol–water partition coefficient (Wildman–Crippen LogP) is 1.85. The van der Waals surface area contributed by atoms with Gasteiger partial charge in [0.05, 0.1) is 34.9 Å². The summed E-state index contributed by atoms with van der Waals surface area (Å²) >= 11 is 0.994. The maximum Gasteiger partial charge on any atom is 0.405 e. The topological polar surface area (TPSA) is 93.5 Å². The number of nitrogens with zero attached hydrogens (tertiary/aromatic N) is 3. The number of thioether (sulfide) groups is 1. The van der Waals surface area contributed by atoms with E-state index in [0.717, 1.165) is 11.8 Å². The fourth-order valence-corrected chi connectivity index (χ4v) is 5.32. The monoisotopic (exact) mass is 466 g/mol. The number of alkyl halides is 3. The molecule has 0 saturated carbocycles. The van der Waals surface area contributed by atoms with Crippen molar-refractivity contribution >= 4 is 38.7 Å². The van der Waals surface area contributed by atoms with Gasteiger partial charge in [0.25, 0.3) is 0 Å². The van der Waals surface area contributed by atoms with Crippen LogP contribution in [0.15, 0.2) is 28.3 Å². The van der Waals surface area contributed by atoms with Crippen LogP contribution in [0.2, 0.25) is 0 Å². The minimum Gasteiger partial charge on any atom is -0.379 e. The van der Waals surface area contributed by atoms with Gasteiger partial charge < -0.3 is 14.6 Å². The van der Waals surface area contributed by atoms with Gasteiger partial charge in [-0.3, -0.25) is 4.79 Å². The Kier molecular flexibility index (Phi) is 6.95. The first-order valence-corrected chi connectivity index (χ1v) is 11.6. The molecule has 0 spiro atoms. The molecule has 3 rings (SSSR count). The molecule has 1 saturated heterocycles. The maximum absolute atomic E-state index is 12.8. The largest absolute Gasteiger partial charge is 0.405 e. The van der Waals surface area contributed by atoms with Gasteiger partial charge in [0.1, 0.15) is 6.54 Å². The first-order chi connectivity index (χ1) is 14.1. The van der Waals surface area contributed by atoms with E-state index in [1.807, 2.05) is 12.2 Å². The average Bonchev–Trinajstić information content (AvgIpc) is 3.07. The fourth-order valence-electron chi connectivity index (χ4n) is 2.98. The fraction of sp³-hybridized carbons (Fsp3) is 0.529. The number of ether oxygens (including phenoxy) is 1. The summed E-state index contributed by atoms with van der Waals surface area (Å²) in [6, 6.07) is 4.62. The Hall–Kier alpha value is -1.83. The number of hydrogen-bond donors (Lipinski definition) is 1. The van der Waals surface area contributed by atoms with E-state index < -0.39 is 28.7 Å². The normalized spacial score (nSPS) is 16.1. The number of carbonyl (C=O) groups is 1. The molecule has 1 fully saturated rings. The number of hydrogen-bond acceptors (Lipinski definition) is 6. The molecule has 0 atom stereocenters. The number of benzene rings is 1. The summed E-state index contributed by atoms with van der Waals surface area (Å²) in [5, 5.41) is 2.24. The molecular formula is C17H21F3N4O4S2. The van der Waals surface area contributed by atoms with E-state index in [9.17, 15) is 26.4 Å². The first-order valence-electron chi connectivity index (χ1n) is 9.16. The van der Waals surface area contributed by atoms with Crippen molar-refractivity contribution < 1.29 is 31.1 Å². The number of fused-ring (bicyclic) bond motifs is 1. The second-order valence-corrected chi connectivity index (χ2v) is 9.37. The Morgan fingerprint density at radius 1 is 1.30 bits per heavy atom. The summed E-state index contributed by atoms with van der Waals surface area (Å²) in [6.07, 6.45) is -4.47. The second kappa shape index (κ2) is 9.12. The molecule has 0 aliphatic carbocycles. The number of sulfonamides is 1. The summed E-state index contributed by atoms with van der Waals surface area (Å²) < 4.78 is 70.7. The van der Waals surface area contributed by atoms with Crippen molar-refractivity contribution in [1.29, 1.82) is 0 Å². The summed E-state index contributed by atoms with van der Waals surface area (Å²) in [5.41, 5.74) is 1.11. The third-order valence-corrected chi connectivity index (χ3v) is 7.30. The Balaban J connectivity index is 1.79. The van der Waals surface area contributed by atoms with Crippen molar-refractivity contribution in [2.75, 3.05) is 38.6 Å². The molecule has 2 heterocycles. The summed E-state index contributed by atoms with van der Waals surface area (Å²) in [4.78, 5) is 16.2. The van der Waals surface area contributed by atoms with Crippen LogP contribution < -0.4 is 5.32 Å². The van der Waals surface area contributed by atoms with Gasteiger partial charge in [-0.1, -0.05) is 11.8 Å². The van der Waals surface area contributed by atoms with Crippen LogP contribution in [0, 0.1) is 0 Å². The van der Waals surface area contributed by atoms with Crippen LogP contribution in [0.25, 0.3) is 11.0 Å². The Labute approximate surface area is 175 Å². The minimum atomic E-state index is -4.47. The van der Waals surface area contributed by atoms with E-state index >= 15 is 0 Å². The van der Waals surface area contributed by atoms with E-state index in [2.05, 4.69) is 4.98 Å². The molecule has 0 bridgehead atoms. The third-order valence-electron chi connectivity index (χ3n) is 4.43. The third kappa shape index (κ3) is 5.25. The van der Waals surface area contributed by atoms with Gasteiger partial charge >= 0.3 is 6.18 Å². The van der Waals surface area contributed by atoms with Crippen molar-refractivity contribution in [2.24, 2.45) is 0 Å². The van der Waals surface area contributed by atoms with E-state index in [1.54, 1.807) is 10.6 Å². The van der Waals surface area contributed by atoms with Crippen LogP contribution in [-0.4, -0.2) is 73.0 Å². The van der Waals surface area contributed by atoms with Gasteiger partial charge in [-0.25, -0.2) is 13.4 Å². The van der Waals surface area contributed by atoms with Crippen molar-refractivity contribution in [3.05, 3.63) is 18.2 Å². The summed E-state index contributed by atoms with van der Waals surface area (Å²) in [6.45, 7) is 2.19. The molecule has 0 unspecified atom stereocenters. The van der Waals surface area contributed by atoms with Crippen LogP contribution in [-0.2, 0) is 26.1 Å². The van der Waals surface area contributed by atoms with E-state index in [4.69, 9.17) is 4.74 Å². The number of carbonyl (C=O) groups excluding carboxylic acids is 1. The highest BCUT2D eigenvalue weighted by Crippen LogP contribution is 2.27. The molecule has 8 nitrogen and oxygen atoms in total. The van der Waals surface area contributed by atoms with Crippen LogP contribution in [0.3, 0.4) is 0 Å². The van der Waals surface area contributed by atoms with Gasteiger partial charge in [-0.2, -0.15) is 17.5 Å². The molecule has 1 N–H and O–H groups in total. The number of halogens is 3. The standard InChI is InChI=1S/C17H21F3N4O4S2/c1-2-24-14-4-3-12(30(26,27)23-5-7-28-8-6-23)9-13(14)22-16(24)29-10-15(25)21-11-17(18,19)20/h3-4,9H,2,5-8,10-11H2,1H3,(H,21,25). The number of aromatic nitrogens is 2. The zero-order valence-electron chi connectivity index (χ0n) is 16.1. The zero-order valence-corrected chi connectivity index (χ0v) is 17.7. The average molecular weight is 467 g/mol. The van der Waals surface area contributed by atoms with Gasteiger partial charge in [-0.05, 0) is 25.1 Å². The molecule has 30 heavy (non-hydrogen) atoms. The number of morpholine rings is 1. The number of aryl methyl sites for hydroxylation is 1. The zero-order chi connectivity index (χ0) is 21.9. The number of nitrogens with one attached hydrogen (secondary N) is 1. The van der Waals surface area contributed by atoms with Gasteiger partial charge in [0.2, 0.25) is 15.9 Å². The predicted molar refractivity (Wildman–Crippen MR) is 105 cm³/mol. The van der Waals surface area contributed by atoms with Crippen molar-refractivity contribution in [3.63, 3.8) is 0 Å². The molecule has 1 aromatic heterocycles. The molecule has 0 radical (unpaired) electrons. The highest BCUT2D eigenvalue weighted by Gasteiger charge is 2.28. The lowest BCUT2D eigenvalue weighted by molar-refractivity contribution is -0.136. The van der Waals surface area contributed by atoms with Crippen molar-refractivity contribution in [2.45, 2.75) is 29.7 Å². The molecule has 1 amide bonds. The Morgan fingerprint density at radius 3 is 2.63 bits per heavy atom. The summed E-state index contributed by atoms with van der Waals surface area (Å²) in [7, 11) is -3.68. The molecular weight excluding hydrogens is 445 g/mol. The Bertz CT molecular complexity index is 1020. The van der Waals surface area contributed by atoms with E-state index in [1.165, 1.54) is 16.4 Å². The minimum absolute atomic E-state index is 0.108. The van der Waals surface area contributed by atoms with Crippen LogP contribution in [0.5, 0.6) is 0 Å². The smallest absolute Gasteiger partial charge is 0.379 e. The van der Waals surface area contributed by atoms with Gasteiger partial charge in [0.15, 0.2) is 5.16 Å². The highest BCUT2D eigenvalue weighted by molar-refractivity contribution is 7.99. The first kappa shape index (κ1) is 22.8. The number of imidazole rings is 1. The lowest BCUT2D eigenvalue weighted by atomic mass is 10.3. The lowest BCUT2D eigenvalue weighted by Crippen LogP contribution is -2.40. The maximum atomic E-state index is 12.8. The van der Waals surface area contributed by atoms with Crippen molar-refractivity contribution in [3.8, 4) is 0 Å². The van der Waals surface area contributed by atoms with Crippen LogP contribution >= 0.6 is 11.8 Å². The molecule has 1 aromatic carbocycles. The Morgan fingerprint density at radius 2 is 2.00 bits per heavy atom. The lowest BCUT2D eigenvalue weighted by Gasteiger charge is -2.26. The quantitative estimate of drug-likeness (QED) is 0.626. The molecule has 1 aliphatic rings. The second-order valence-electron chi connectivity index (χ2n) is 6.49. The molecule has 2 aromatic rings. The van der Waals surface area contributed by atoms with Crippen LogP contribution in [0.4, 0.5) is 13.2 Å². The van der Waals surface area contributed by atoms with Crippen molar-refractivity contribution in [1.82, 2.24) is 19.2 Å². The van der Waals surface area contributed by atoms with E-state index in [-0.39, 0.29) is 23.7 Å². The molecule has 1 aliphatic heterocycles.